The van der Waals surface area contributed by atoms with E-state index in [0.29, 0.717) is 12.3 Å². The summed E-state index contributed by atoms with van der Waals surface area (Å²) in [5, 5.41) is 16.1. The van der Waals surface area contributed by atoms with Gasteiger partial charge in [0, 0.05) is 5.56 Å². The molecule has 15 heavy (non-hydrogen) atoms. The van der Waals surface area contributed by atoms with E-state index in [1.54, 1.807) is 11.0 Å². The van der Waals surface area contributed by atoms with Crippen molar-refractivity contribution in [1.29, 1.82) is 0 Å². The summed E-state index contributed by atoms with van der Waals surface area (Å²) in [6.07, 6.45) is 3.02. The van der Waals surface area contributed by atoms with Crippen LogP contribution in [0.2, 0.25) is 0 Å². The number of benzene rings is 1. The van der Waals surface area contributed by atoms with Gasteiger partial charge in [0.25, 0.3) is 0 Å². The molecule has 2 rings (SSSR count). The molecule has 2 aromatic rings. The second-order valence-electron chi connectivity index (χ2n) is 3.01. The van der Waals surface area contributed by atoms with Gasteiger partial charge in [-0.15, -0.1) is 0 Å². The van der Waals surface area contributed by atoms with Crippen molar-refractivity contribution in [3.8, 4) is 0 Å². The molecule has 1 N–H and O–H groups in total. The fraction of sp³-hybridized carbons (Fsp3) is 0.100. The highest BCUT2D eigenvalue weighted by molar-refractivity contribution is 5.99. The molecular weight excluding hydrogens is 192 g/mol. The van der Waals surface area contributed by atoms with Gasteiger partial charge >= 0.3 is 0 Å². The van der Waals surface area contributed by atoms with Crippen LogP contribution in [0, 0.1) is 0 Å². The van der Waals surface area contributed by atoms with Crippen molar-refractivity contribution in [1.82, 2.24) is 14.8 Å². The van der Waals surface area contributed by atoms with Crippen molar-refractivity contribution in [3.63, 3.8) is 0 Å². The second-order valence-corrected chi connectivity index (χ2v) is 3.01. The van der Waals surface area contributed by atoms with E-state index >= 15 is 0 Å². The van der Waals surface area contributed by atoms with Crippen molar-refractivity contribution >= 4 is 5.71 Å². The average Bonchev–Trinajstić information content (AvgIpc) is 2.80. The van der Waals surface area contributed by atoms with Crippen LogP contribution in [0.3, 0.4) is 0 Å². The summed E-state index contributed by atoms with van der Waals surface area (Å²) in [6.45, 7) is 0.403. The lowest BCUT2D eigenvalue weighted by Gasteiger charge is -2.03. The lowest BCUT2D eigenvalue weighted by atomic mass is 10.1. The third-order valence-corrected chi connectivity index (χ3v) is 2.01. The first-order chi connectivity index (χ1) is 7.40. The molecule has 0 bridgehead atoms. The maximum absolute atomic E-state index is 8.90. The predicted molar refractivity (Wildman–Crippen MR) is 54.8 cm³/mol. The molecule has 0 aliphatic rings. The van der Waals surface area contributed by atoms with Gasteiger partial charge in [-0.1, -0.05) is 35.5 Å². The maximum atomic E-state index is 8.90. The molecule has 0 spiro atoms. The predicted octanol–water partition coefficient (Wildman–Crippen LogP) is 1.16. The Morgan fingerprint density at radius 1 is 1.33 bits per heavy atom. The summed E-state index contributed by atoms with van der Waals surface area (Å²) < 4.78 is 1.60. The first-order valence-corrected chi connectivity index (χ1v) is 4.49. The third kappa shape index (κ3) is 2.19. The van der Waals surface area contributed by atoms with E-state index in [1.165, 1.54) is 6.33 Å². The number of nitrogens with zero attached hydrogens (tertiary/aromatic N) is 4. The molecule has 1 aromatic heterocycles. The van der Waals surface area contributed by atoms with Gasteiger partial charge in [0.2, 0.25) is 0 Å². The standard InChI is InChI=1S/C10H10N4O/c15-13-10(6-14-8-11-7-12-14)9-4-2-1-3-5-9/h1-5,7-8,15H,6H2/b13-10-. The molecule has 0 atom stereocenters. The van der Waals surface area contributed by atoms with Gasteiger partial charge in [0.05, 0.1) is 6.54 Å². The number of hydrogen-bond donors (Lipinski definition) is 1. The zero-order chi connectivity index (χ0) is 10.5. The van der Waals surface area contributed by atoms with Crippen molar-refractivity contribution in [2.75, 3.05) is 0 Å². The first kappa shape index (κ1) is 9.39. The number of rotatable bonds is 3. The Hall–Kier alpha value is -2.17. The molecule has 0 radical (unpaired) electrons. The normalized spacial score (nSPS) is 11.6. The second kappa shape index (κ2) is 4.36. The topological polar surface area (TPSA) is 63.3 Å². The summed E-state index contributed by atoms with van der Waals surface area (Å²) in [7, 11) is 0. The van der Waals surface area contributed by atoms with Gasteiger partial charge in [-0.25, -0.2) is 9.67 Å². The van der Waals surface area contributed by atoms with E-state index in [0.717, 1.165) is 5.56 Å². The zero-order valence-electron chi connectivity index (χ0n) is 7.98. The molecule has 76 valence electrons. The maximum Gasteiger partial charge on any atom is 0.137 e. The molecule has 0 amide bonds. The Balaban J connectivity index is 2.20. The van der Waals surface area contributed by atoms with Gasteiger partial charge in [0.15, 0.2) is 0 Å². The van der Waals surface area contributed by atoms with Gasteiger partial charge in [-0.3, -0.25) is 0 Å². The van der Waals surface area contributed by atoms with Crippen LogP contribution in [-0.4, -0.2) is 25.7 Å². The molecule has 1 aromatic carbocycles. The largest absolute Gasteiger partial charge is 0.411 e. The highest BCUT2D eigenvalue weighted by Crippen LogP contribution is 2.02. The Kier molecular flexibility index (Phi) is 2.73. The van der Waals surface area contributed by atoms with Crippen LogP contribution < -0.4 is 0 Å². The fourth-order valence-electron chi connectivity index (χ4n) is 1.28. The van der Waals surface area contributed by atoms with Crippen molar-refractivity contribution in [3.05, 3.63) is 48.5 Å². The SMILES string of the molecule is O/N=C(/Cn1cncn1)c1ccccc1. The minimum atomic E-state index is 0.403. The Morgan fingerprint density at radius 3 is 2.73 bits per heavy atom. The van der Waals surface area contributed by atoms with E-state index in [-0.39, 0.29) is 0 Å². The lowest BCUT2D eigenvalue weighted by Crippen LogP contribution is -2.12. The summed E-state index contributed by atoms with van der Waals surface area (Å²) >= 11 is 0. The molecule has 0 saturated heterocycles. The fourth-order valence-corrected chi connectivity index (χ4v) is 1.28. The molecule has 0 aliphatic carbocycles. The van der Waals surface area contributed by atoms with Crippen LogP contribution in [0.15, 0.2) is 48.1 Å². The molecule has 0 aliphatic heterocycles. The van der Waals surface area contributed by atoms with Crippen molar-refractivity contribution in [2.45, 2.75) is 6.54 Å². The monoisotopic (exact) mass is 202 g/mol. The number of hydrogen-bond acceptors (Lipinski definition) is 4. The minimum absolute atomic E-state index is 0.403. The van der Waals surface area contributed by atoms with Crippen LogP contribution >= 0.6 is 0 Å². The van der Waals surface area contributed by atoms with Gasteiger partial charge in [0.1, 0.15) is 18.4 Å². The van der Waals surface area contributed by atoms with Crippen LogP contribution in [0.1, 0.15) is 5.56 Å². The Bertz CT molecular complexity index is 436. The summed E-state index contributed by atoms with van der Waals surface area (Å²) in [5.41, 5.74) is 1.43. The van der Waals surface area contributed by atoms with Crippen LogP contribution in [-0.2, 0) is 6.54 Å². The van der Waals surface area contributed by atoms with Crippen molar-refractivity contribution in [2.24, 2.45) is 5.16 Å². The molecule has 1 heterocycles. The van der Waals surface area contributed by atoms with E-state index in [4.69, 9.17) is 5.21 Å². The van der Waals surface area contributed by atoms with Crippen LogP contribution in [0.4, 0.5) is 0 Å². The molecule has 5 heteroatoms. The Labute approximate surface area is 86.7 Å². The lowest BCUT2D eigenvalue weighted by molar-refractivity contribution is 0.317. The van der Waals surface area contributed by atoms with E-state index in [1.807, 2.05) is 30.3 Å². The zero-order valence-corrected chi connectivity index (χ0v) is 7.98. The smallest absolute Gasteiger partial charge is 0.137 e. The summed E-state index contributed by atoms with van der Waals surface area (Å²) in [6, 6.07) is 9.45. The van der Waals surface area contributed by atoms with Crippen LogP contribution in [0.25, 0.3) is 0 Å². The number of oxime groups is 1. The van der Waals surface area contributed by atoms with E-state index < -0.39 is 0 Å². The first-order valence-electron chi connectivity index (χ1n) is 4.49. The van der Waals surface area contributed by atoms with E-state index in [9.17, 15) is 0 Å². The molecular formula is C10H10N4O. The van der Waals surface area contributed by atoms with Crippen LogP contribution in [0.5, 0.6) is 0 Å². The summed E-state index contributed by atoms with van der Waals surface area (Å²) in [5.74, 6) is 0. The average molecular weight is 202 g/mol. The third-order valence-electron chi connectivity index (χ3n) is 2.01. The summed E-state index contributed by atoms with van der Waals surface area (Å²) in [4.78, 5) is 3.82. The van der Waals surface area contributed by atoms with Crippen molar-refractivity contribution < 1.29 is 5.21 Å². The highest BCUT2D eigenvalue weighted by atomic mass is 16.4. The minimum Gasteiger partial charge on any atom is -0.411 e. The highest BCUT2D eigenvalue weighted by Gasteiger charge is 2.04. The van der Waals surface area contributed by atoms with Gasteiger partial charge < -0.3 is 5.21 Å². The van der Waals surface area contributed by atoms with E-state index in [2.05, 4.69) is 15.2 Å². The van der Waals surface area contributed by atoms with Gasteiger partial charge in [-0.2, -0.15) is 5.10 Å². The molecule has 5 nitrogen and oxygen atoms in total. The van der Waals surface area contributed by atoms with Gasteiger partial charge in [-0.05, 0) is 0 Å². The quantitative estimate of drug-likeness (QED) is 0.461. The Morgan fingerprint density at radius 2 is 2.13 bits per heavy atom. The molecule has 0 saturated carbocycles. The number of aromatic nitrogens is 3. The molecule has 0 unspecified atom stereocenters. The molecule has 0 fully saturated rings.